The predicted molar refractivity (Wildman–Crippen MR) is 70.2 cm³/mol. The maximum Gasteiger partial charge on any atom is 0.292 e. The molecule has 1 aliphatic heterocycles. The predicted octanol–water partition coefficient (Wildman–Crippen LogP) is 2.57. The highest BCUT2D eigenvalue weighted by Gasteiger charge is 2.35. The molecule has 0 bridgehead atoms. The molecule has 1 saturated heterocycles. The SMILES string of the molecule is Cc1cc(C(=O)N2CCCC2c2c(C)noc2C)on1. The van der Waals surface area contributed by atoms with E-state index >= 15 is 0 Å². The Hall–Kier alpha value is -2.11. The minimum atomic E-state index is -0.117. The van der Waals surface area contributed by atoms with Crippen molar-refractivity contribution in [3.8, 4) is 0 Å². The lowest BCUT2D eigenvalue weighted by Crippen LogP contribution is -2.30. The summed E-state index contributed by atoms with van der Waals surface area (Å²) in [6.45, 7) is 6.31. The van der Waals surface area contributed by atoms with E-state index in [0.29, 0.717) is 18.0 Å². The Bertz CT molecular complexity index is 624. The van der Waals surface area contributed by atoms with E-state index in [-0.39, 0.29) is 11.9 Å². The Balaban J connectivity index is 1.91. The summed E-state index contributed by atoms with van der Waals surface area (Å²) in [7, 11) is 0. The molecule has 0 saturated carbocycles. The number of aromatic nitrogens is 2. The number of aryl methyl sites for hydroxylation is 3. The van der Waals surface area contributed by atoms with E-state index in [0.717, 1.165) is 29.9 Å². The van der Waals surface area contributed by atoms with Gasteiger partial charge < -0.3 is 13.9 Å². The molecule has 0 N–H and O–H groups in total. The van der Waals surface area contributed by atoms with Crippen LogP contribution in [0.4, 0.5) is 0 Å². The van der Waals surface area contributed by atoms with Crippen molar-refractivity contribution in [2.24, 2.45) is 0 Å². The van der Waals surface area contributed by atoms with E-state index in [2.05, 4.69) is 10.3 Å². The summed E-state index contributed by atoms with van der Waals surface area (Å²) in [5.41, 5.74) is 2.58. The molecule has 6 nitrogen and oxygen atoms in total. The van der Waals surface area contributed by atoms with Crippen LogP contribution in [-0.2, 0) is 0 Å². The van der Waals surface area contributed by atoms with E-state index in [1.807, 2.05) is 18.7 Å². The van der Waals surface area contributed by atoms with Gasteiger partial charge in [-0.3, -0.25) is 4.79 Å². The largest absolute Gasteiger partial charge is 0.361 e. The van der Waals surface area contributed by atoms with Crippen LogP contribution in [0.2, 0.25) is 0 Å². The molecule has 2 aromatic heterocycles. The second kappa shape index (κ2) is 4.77. The van der Waals surface area contributed by atoms with Gasteiger partial charge in [0, 0.05) is 18.2 Å². The third-order valence-electron chi connectivity index (χ3n) is 3.77. The summed E-state index contributed by atoms with van der Waals surface area (Å²) >= 11 is 0. The van der Waals surface area contributed by atoms with Crippen LogP contribution in [0, 0.1) is 20.8 Å². The monoisotopic (exact) mass is 275 g/mol. The van der Waals surface area contributed by atoms with Crippen molar-refractivity contribution in [1.82, 2.24) is 15.2 Å². The molecule has 0 aromatic carbocycles. The maximum atomic E-state index is 12.5. The summed E-state index contributed by atoms with van der Waals surface area (Å²) < 4.78 is 10.3. The zero-order valence-corrected chi connectivity index (χ0v) is 11.8. The van der Waals surface area contributed by atoms with Crippen molar-refractivity contribution >= 4 is 5.91 Å². The average Bonchev–Trinajstić information content (AvgIpc) is 3.10. The van der Waals surface area contributed by atoms with Gasteiger partial charge in [0.2, 0.25) is 5.76 Å². The van der Waals surface area contributed by atoms with Gasteiger partial charge in [-0.2, -0.15) is 0 Å². The van der Waals surface area contributed by atoms with Crippen molar-refractivity contribution < 1.29 is 13.8 Å². The van der Waals surface area contributed by atoms with Crippen molar-refractivity contribution in [2.45, 2.75) is 39.7 Å². The number of nitrogens with zero attached hydrogens (tertiary/aromatic N) is 3. The highest BCUT2D eigenvalue weighted by atomic mass is 16.5. The summed E-state index contributed by atoms with van der Waals surface area (Å²) in [6, 6.07) is 1.68. The molecule has 1 aliphatic rings. The highest BCUT2D eigenvalue weighted by molar-refractivity contribution is 5.92. The molecule has 0 spiro atoms. The van der Waals surface area contributed by atoms with Gasteiger partial charge >= 0.3 is 0 Å². The minimum absolute atomic E-state index is 0.0131. The van der Waals surface area contributed by atoms with Crippen molar-refractivity contribution in [3.63, 3.8) is 0 Å². The fraction of sp³-hybridized carbons (Fsp3) is 0.500. The Labute approximate surface area is 116 Å². The molecule has 1 atom stereocenters. The normalized spacial score (nSPS) is 18.8. The second-order valence-corrected chi connectivity index (χ2v) is 5.23. The molecule has 0 radical (unpaired) electrons. The van der Waals surface area contributed by atoms with E-state index in [1.165, 1.54) is 0 Å². The number of rotatable bonds is 2. The van der Waals surface area contributed by atoms with Crippen LogP contribution in [0.25, 0.3) is 0 Å². The van der Waals surface area contributed by atoms with Gasteiger partial charge in [0.05, 0.1) is 17.4 Å². The van der Waals surface area contributed by atoms with Gasteiger partial charge in [0.15, 0.2) is 0 Å². The Kier molecular flexibility index (Phi) is 3.08. The highest BCUT2D eigenvalue weighted by Crippen LogP contribution is 2.36. The van der Waals surface area contributed by atoms with Gasteiger partial charge in [0.25, 0.3) is 5.91 Å². The van der Waals surface area contributed by atoms with E-state index in [9.17, 15) is 4.79 Å². The van der Waals surface area contributed by atoms with Gasteiger partial charge in [-0.15, -0.1) is 0 Å². The molecular weight excluding hydrogens is 258 g/mol. The molecule has 6 heteroatoms. The first kappa shape index (κ1) is 12.9. The molecule has 3 rings (SSSR count). The van der Waals surface area contributed by atoms with Gasteiger partial charge in [-0.05, 0) is 33.6 Å². The smallest absolute Gasteiger partial charge is 0.292 e. The van der Waals surface area contributed by atoms with E-state index < -0.39 is 0 Å². The molecular formula is C14H17N3O3. The van der Waals surface area contributed by atoms with Crippen LogP contribution in [0.1, 0.15) is 52.1 Å². The molecule has 2 aromatic rings. The first-order valence-corrected chi connectivity index (χ1v) is 6.75. The third kappa shape index (κ3) is 2.01. The van der Waals surface area contributed by atoms with Crippen LogP contribution in [0.15, 0.2) is 15.1 Å². The quantitative estimate of drug-likeness (QED) is 0.842. The lowest BCUT2D eigenvalue weighted by atomic mass is 10.0. The van der Waals surface area contributed by atoms with Crippen LogP contribution in [0.5, 0.6) is 0 Å². The van der Waals surface area contributed by atoms with Crippen LogP contribution >= 0.6 is 0 Å². The Morgan fingerprint density at radius 1 is 1.30 bits per heavy atom. The molecule has 1 unspecified atom stereocenters. The molecule has 20 heavy (non-hydrogen) atoms. The number of hydrogen-bond donors (Lipinski definition) is 0. The maximum absolute atomic E-state index is 12.5. The summed E-state index contributed by atoms with van der Waals surface area (Å²) in [6.07, 6.45) is 1.88. The molecule has 0 aliphatic carbocycles. The third-order valence-corrected chi connectivity index (χ3v) is 3.77. The lowest BCUT2D eigenvalue weighted by molar-refractivity contribution is 0.0692. The molecule has 106 valence electrons. The van der Waals surface area contributed by atoms with Crippen molar-refractivity contribution in [3.05, 3.63) is 34.5 Å². The van der Waals surface area contributed by atoms with Crippen LogP contribution < -0.4 is 0 Å². The van der Waals surface area contributed by atoms with Crippen LogP contribution in [-0.4, -0.2) is 27.7 Å². The fourth-order valence-corrected chi connectivity index (χ4v) is 2.88. The van der Waals surface area contributed by atoms with E-state index in [1.54, 1.807) is 13.0 Å². The number of carbonyl (C=O) groups excluding carboxylic acids is 1. The second-order valence-electron chi connectivity index (χ2n) is 5.23. The Morgan fingerprint density at radius 2 is 2.10 bits per heavy atom. The first-order chi connectivity index (χ1) is 9.58. The lowest BCUT2D eigenvalue weighted by Gasteiger charge is -2.23. The number of amides is 1. The number of carbonyl (C=O) groups is 1. The summed E-state index contributed by atoms with van der Waals surface area (Å²) in [4.78, 5) is 14.4. The van der Waals surface area contributed by atoms with Crippen molar-refractivity contribution in [2.75, 3.05) is 6.54 Å². The standard InChI is InChI=1S/C14H17N3O3/c1-8-7-12(20-15-8)14(18)17-6-4-5-11(17)13-9(2)16-19-10(13)3/h7,11H,4-6H2,1-3H3. The summed E-state index contributed by atoms with van der Waals surface area (Å²) in [5.74, 6) is 0.954. The first-order valence-electron chi connectivity index (χ1n) is 6.75. The zero-order chi connectivity index (χ0) is 14.3. The van der Waals surface area contributed by atoms with E-state index in [4.69, 9.17) is 9.05 Å². The van der Waals surface area contributed by atoms with Crippen LogP contribution in [0.3, 0.4) is 0 Å². The van der Waals surface area contributed by atoms with Gasteiger partial charge in [-0.1, -0.05) is 10.3 Å². The topological polar surface area (TPSA) is 72.4 Å². The minimum Gasteiger partial charge on any atom is -0.361 e. The zero-order valence-electron chi connectivity index (χ0n) is 11.8. The number of likely N-dealkylation sites (tertiary alicyclic amines) is 1. The van der Waals surface area contributed by atoms with Crippen molar-refractivity contribution in [1.29, 1.82) is 0 Å². The number of hydrogen-bond acceptors (Lipinski definition) is 5. The molecule has 1 fully saturated rings. The Morgan fingerprint density at radius 3 is 2.70 bits per heavy atom. The molecule has 1 amide bonds. The summed E-state index contributed by atoms with van der Waals surface area (Å²) in [5, 5.41) is 7.76. The van der Waals surface area contributed by atoms with Gasteiger partial charge in [-0.25, -0.2) is 0 Å². The fourth-order valence-electron chi connectivity index (χ4n) is 2.88. The molecule has 3 heterocycles. The average molecular weight is 275 g/mol. The van der Waals surface area contributed by atoms with Gasteiger partial charge in [0.1, 0.15) is 5.76 Å².